The van der Waals surface area contributed by atoms with Gasteiger partial charge >= 0.3 is 0 Å². The molecule has 0 aromatic heterocycles. The molecule has 116 valence electrons. The Labute approximate surface area is 130 Å². The lowest BCUT2D eigenvalue weighted by Gasteiger charge is -2.12. The van der Waals surface area contributed by atoms with E-state index in [9.17, 15) is 9.59 Å². The molecule has 0 heterocycles. The van der Waals surface area contributed by atoms with E-state index in [4.69, 9.17) is 11.6 Å². The van der Waals surface area contributed by atoms with Crippen LogP contribution < -0.4 is 16.0 Å². The van der Waals surface area contributed by atoms with Crippen LogP contribution in [-0.4, -0.2) is 24.4 Å². The zero-order valence-corrected chi connectivity index (χ0v) is 13.4. The van der Waals surface area contributed by atoms with E-state index in [0.29, 0.717) is 22.8 Å². The average molecular weight is 312 g/mol. The Morgan fingerprint density at radius 3 is 2.52 bits per heavy atom. The highest BCUT2D eigenvalue weighted by molar-refractivity contribution is 6.33. The van der Waals surface area contributed by atoms with Gasteiger partial charge in [0.05, 0.1) is 17.3 Å². The smallest absolute Gasteiger partial charge is 0.238 e. The minimum absolute atomic E-state index is 0.0569. The van der Waals surface area contributed by atoms with Crippen LogP contribution >= 0.6 is 11.6 Å². The molecule has 2 amide bonds. The van der Waals surface area contributed by atoms with Crippen LogP contribution in [-0.2, 0) is 9.59 Å². The number of hydrogen-bond donors (Lipinski definition) is 3. The summed E-state index contributed by atoms with van der Waals surface area (Å²) >= 11 is 6.05. The first-order chi connectivity index (χ1) is 9.92. The Balaban J connectivity index is 2.69. The first-order valence-electron chi connectivity index (χ1n) is 7.05. The molecular weight excluding hydrogens is 290 g/mol. The topological polar surface area (TPSA) is 70.2 Å². The Morgan fingerprint density at radius 2 is 1.90 bits per heavy atom. The fourth-order valence-corrected chi connectivity index (χ4v) is 1.81. The quantitative estimate of drug-likeness (QED) is 0.725. The molecule has 5 nitrogen and oxygen atoms in total. The molecule has 0 spiro atoms. The summed E-state index contributed by atoms with van der Waals surface area (Å²) in [5, 5.41) is 8.95. The fraction of sp³-hybridized carbons (Fsp3) is 0.467. The monoisotopic (exact) mass is 311 g/mol. The zero-order valence-electron chi connectivity index (χ0n) is 12.6. The molecule has 0 unspecified atom stereocenters. The van der Waals surface area contributed by atoms with Crippen molar-refractivity contribution in [3.8, 4) is 0 Å². The third-order valence-corrected chi connectivity index (χ3v) is 3.00. The standard InChI is InChI=1S/C15H22ClN3O2/c1-4-5-14(20)18-11-6-7-12(16)13(8-11)19-15(21)9-17-10(2)3/h6-8,10,17H,4-5,9H2,1-3H3,(H,18,20)(H,19,21). The van der Waals surface area contributed by atoms with Crippen LogP contribution in [0.5, 0.6) is 0 Å². The minimum Gasteiger partial charge on any atom is -0.326 e. The lowest BCUT2D eigenvalue weighted by atomic mass is 10.2. The van der Waals surface area contributed by atoms with Gasteiger partial charge < -0.3 is 16.0 Å². The maximum Gasteiger partial charge on any atom is 0.238 e. The van der Waals surface area contributed by atoms with Gasteiger partial charge in [0.25, 0.3) is 0 Å². The van der Waals surface area contributed by atoms with Gasteiger partial charge in [-0.2, -0.15) is 0 Å². The lowest BCUT2D eigenvalue weighted by Crippen LogP contribution is -2.32. The summed E-state index contributed by atoms with van der Waals surface area (Å²) in [6, 6.07) is 5.24. The first kappa shape index (κ1) is 17.5. The molecule has 0 radical (unpaired) electrons. The van der Waals surface area contributed by atoms with Gasteiger partial charge in [0, 0.05) is 18.2 Å². The van der Waals surface area contributed by atoms with Crippen LogP contribution in [0.2, 0.25) is 5.02 Å². The van der Waals surface area contributed by atoms with Gasteiger partial charge in [0.15, 0.2) is 0 Å². The maximum atomic E-state index is 11.8. The van der Waals surface area contributed by atoms with Gasteiger partial charge in [-0.25, -0.2) is 0 Å². The van der Waals surface area contributed by atoms with Crippen LogP contribution in [0.1, 0.15) is 33.6 Å². The first-order valence-corrected chi connectivity index (χ1v) is 7.42. The molecule has 1 rings (SSSR count). The lowest BCUT2D eigenvalue weighted by molar-refractivity contribution is -0.116. The van der Waals surface area contributed by atoms with Crippen molar-refractivity contribution in [2.24, 2.45) is 0 Å². The van der Waals surface area contributed by atoms with Crippen LogP contribution in [0.4, 0.5) is 11.4 Å². The number of amides is 2. The second-order valence-electron chi connectivity index (χ2n) is 5.08. The van der Waals surface area contributed by atoms with Crippen molar-refractivity contribution in [3.63, 3.8) is 0 Å². The van der Waals surface area contributed by atoms with Gasteiger partial charge in [-0.15, -0.1) is 0 Å². The van der Waals surface area contributed by atoms with E-state index in [2.05, 4.69) is 16.0 Å². The summed E-state index contributed by atoms with van der Waals surface area (Å²) in [4.78, 5) is 23.4. The maximum absolute atomic E-state index is 11.8. The van der Waals surface area contributed by atoms with Crippen LogP contribution in [0, 0.1) is 0 Å². The summed E-state index contributed by atoms with van der Waals surface area (Å²) < 4.78 is 0. The molecule has 1 aromatic carbocycles. The molecule has 0 saturated carbocycles. The third-order valence-electron chi connectivity index (χ3n) is 2.67. The van der Waals surface area contributed by atoms with E-state index in [1.807, 2.05) is 20.8 Å². The number of benzene rings is 1. The van der Waals surface area contributed by atoms with E-state index in [1.165, 1.54) is 0 Å². The molecule has 0 aliphatic heterocycles. The second-order valence-corrected chi connectivity index (χ2v) is 5.48. The summed E-state index contributed by atoms with van der Waals surface area (Å²) in [6.07, 6.45) is 1.24. The molecular formula is C15H22ClN3O2. The molecule has 0 fully saturated rings. The van der Waals surface area contributed by atoms with E-state index >= 15 is 0 Å². The van der Waals surface area contributed by atoms with Gasteiger partial charge in [-0.3, -0.25) is 9.59 Å². The Hall–Kier alpha value is -1.59. The van der Waals surface area contributed by atoms with Gasteiger partial charge in [-0.1, -0.05) is 32.4 Å². The molecule has 0 bridgehead atoms. The van der Waals surface area contributed by atoms with Gasteiger partial charge in [0.1, 0.15) is 0 Å². The normalized spacial score (nSPS) is 10.5. The summed E-state index contributed by atoms with van der Waals surface area (Å²) in [7, 11) is 0. The molecule has 6 heteroatoms. The largest absolute Gasteiger partial charge is 0.326 e. The molecule has 1 aromatic rings. The zero-order chi connectivity index (χ0) is 15.8. The van der Waals surface area contributed by atoms with Crippen LogP contribution in [0.3, 0.4) is 0 Å². The fourth-order valence-electron chi connectivity index (χ4n) is 1.64. The van der Waals surface area contributed by atoms with Gasteiger partial charge in [0.2, 0.25) is 11.8 Å². The van der Waals surface area contributed by atoms with E-state index in [0.717, 1.165) is 6.42 Å². The second kappa shape index (κ2) is 8.64. The minimum atomic E-state index is -0.178. The van der Waals surface area contributed by atoms with Crippen molar-refractivity contribution in [2.45, 2.75) is 39.7 Å². The Kier molecular flexibility index (Phi) is 7.19. The molecule has 0 aliphatic rings. The summed E-state index contributed by atoms with van der Waals surface area (Å²) in [5.74, 6) is -0.235. The Morgan fingerprint density at radius 1 is 1.19 bits per heavy atom. The number of hydrogen-bond acceptors (Lipinski definition) is 3. The number of rotatable bonds is 7. The number of halogens is 1. The van der Waals surface area contributed by atoms with Crippen molar-refractivity contribution >= 4 is 34.8 Å². The predicted molar refractivity (Wildman–Crippen MR) is 86.8 cm³/mol. The number of carbonyl (C=O) groups is 2. The number of anilines is 2. The van der Waals surface area contributed by atoms with Crippen LogP contribution in [0.15, 0.2) is 18.2 Å². The SMILES string of the molecule is CCCC(=O)Nc1ccc(Cl)c(NC(=O)CNC(C)C)c1. The molecule has 0 atom stereocenters. The average Bonchev–Trinajstić information content (AvgIpc) is 2.40. The van der Waals surface area contributed by atoms with Crippen molar-refractivity contribution in [2.75, 3.05) is 17.2 Å². The summed E-state index contributed by atoms with van der Waals surface area (Å²) in [6.45, 7) is 6.07. The van der Waals surface area contributed by atoms with E-state index in [1.54, 1.807) is 18.2 Å². The molecule has 0 saturated heterocycles. The number of nitrogens with one attached hydrogen (secondary N) is 3. The van der Waals surface area contributed by atoms with E-state index in [-0.39, 0.29) is 24.4 Å². The highest BCUT2D eigenvalue weighted by Gasteiger charge is 2.08. The predicted octanol–water partition coefficient (Wildman–Crippen LogP) is 3.02. The Bertz CT molecular complexity index is 504. The van der Waals surface area contributed by atoms with Crippen molar-refractivity contribution in [1.82, 2.24) is 5.32 Å². The van der Waals surface area contributed by atoms with Crippen molar-refractivity contribution in [3.05, 3.63) is 23.2 Å². The van der Waals surface area contributed by atoms with Gasteiger partial charge in [-0.05, 0) is 24.6 Å². The molecule has 3 N–H and O–H groups in total. The van der Waals surface area contributed by atoms with Crippen molar-refractivity contribution < 1.29 is 9.59 Å². The molecule has 0 aliphatic carbocycles. The molecule has 21 heavy (non-hydrogen) atoms. The third kappa shape index (κ3) is 6.60. The summed E-state index contributed by atoms with van der Waals surface area (Å²) in [5.41, 5.74) is 1.10. The highest BCUT2D eigenvalue weighted by atomic mass is 35.5. The van der Waals surface area contributed by atoms with Crippen molar-refractivity contribution in [1.29, 1.82) is 0 Å². The van der Waals surface area contributed by atoms with Crippen LogP contribution in [0.25, 0.3) is 0 Å². The van der Waals surface area contributed by atoms with E-state index < -0.39 is 0 Å². The number of carbonyl (C=O) groups excluding carboxylic acids is 2. The highest BCUT2D eigenvalue weighted by Crippen LogP contribution is 2.25.